The molecular weight excluding hydrogens is 184 g/mol. The van der Waals surface area contributed by atoms with Crippen LogP contribution in [-0.4, -0.2) is 29.1 Å². The van der Waals surface area contributed by atoms with Gasteiger partial charge in [-0.1, -0.05) is 0 Å². The van der Waals surface area contributed by atoms with Crippen LogP contribution in [0, 0.1) is 0 Å². The van der Waals surface area contributed by atoms with E-state index < -0.39 is 0 Å². The number of imidazole rings is 1. The Morgan fingerprint density at radius 2 is 2.29 bits per heavy atom. The first kappa shape index (κ1) is 7.25. The van der Waals surface area contributed by atoms with Crippen molar-refractivity contribution in [2.24, 2.45) is 7.05 Å². The largest absolute Gasteiger partial charge is 0.327 e. The Labute approximate surface area is 77.0 Å². The second kappa shape index (κ2) is 2.19. The van der Waals surface area contributed by atoms with Crippen LogP contribution in [-0.2, 0) is 7.05 Å². The van der Waals surface area contributed by atoms with E-state index >= 15 is 0 Å². The van der Waals surface area contributed by atoms with Crippen molar-refractivity contribution >= 4 is 16.8 Å². The third-order valence-electron chi connectivity index (χ3n) is 2.17. The minimum atomic E-state index is -0.205. The summed E-state index contributed by atoms with van der Waals surface area (Å²) in [7, 11) is 1.66. The van der Waals surface area contributed by atoms with Gasteiger partial charge in [0.15, 0.2) is 11.3 Å². The maximum atomic E-state index is 11.3. The minimum absolute atomic E-state index is 0.205. The van der Waals surface area contributed by atoms with Crippen molar-refractivity contribution in [3.63, 3.8) is 0 Å². The van der Waals surface area contributed by atoms with Crippen molar-refractivity contribution in [1.82, 2.24) is 29.1 Å². The van der Waals surface area contributed by atoms with Gasteiger partial charge in [-0.3, -0.25) is 9.55 Å². The van der Waals surface area contributed by atoms with E-state index in [-0.39, 0.29) is 5.69 Å². The molecule has 0 amide bonds. The van der Waals surface area contributed by atoms with Gasteiger partial charge in [0, 0.05) is 7.05 Å². The fourth-order valence-corrected chi connectivity index (χ4v) is 1.47. The standard InChI is InChI=1S/C7H6N6O/c1-12-4-5(11-7(12)14)9-3-13-6(4)8-2-10-13/h2-3H,1H3,(H,11,14). The second-order valence-electron chi connectivity index (χ2n) is 2.96. The summed E-state index contributed by atoms with van der Waals surface area (Å²) in [4.78, 5) is 22.0. The average Bonchev–Trinajstić information content (AvgIpc) is 2.72. The molecule has 1 N–H and O–H groups in total. The van der Waals surface area contributed by atoms with E-state index in [1.54, 1.807) is 7.05 Å². The lowest BCUT2D eigenvalue weighted by Gasteiger charge is -1.94. The predicted molar refractivity (Wildman–Crippen MR) is 47.9 cm³/mol. The molecule has 0 saturated carbocycles. The summed E-state index contributed by atoms with van der Waals surface area (Å²) in [6.45, 7) is 0. The van der Waals surface area contributed by atoms with Gasteiger partial charge < -0.3 is 0 Å². The van der Waals surface area contributed by atoms with Gasteiger partial charge in [0.1, 0.15) is 18.2 Å². The van der Waals surface area contributed by atoms with Crippen LogP contribution in [0.4, 0.5) is 0 Å². The van der Waals surface area contributed by atoms with Crippen molar-refractivity contribution in [1.29, 1.82) is 0 Å². The highest BCUT2D eigenvalue weighted by atomic mass is 16.1. The topological polar surface area (TPSA) is 80.9 Å². The first-order valence-corrected chi connectivity index (χ1v) is 4.00. The Bertz CT molecular complexity index is 674. The van der Waals surface area contributed by atoms with Crippen LogP contribution in [0.25, 0.3) is 16.8 Å². The zero-order chi connectivity index (χ0) is 9.71. The van der Waals surface area contributed by atoms with E-state index in [1.807, 2.05) is 0 Å². The Balaban J connectivity index is 2.73. The first-order valence-electron chi connectivity index (χ1n) is 4.00. The first-order chi connectivity index (χ1) is 6.77. The molecule has 0 bridgehead atoms. The van der Waals surface area contributed by atoms with Gasteiger partial charge in [-0.25, -0.2) is 19.3 Å². The van der Waals surface area contributed by atoms with Crippen molar-refractivity contribution in [2.75, 3.05) is 0 Å². The molecule has 0 spiro atoms. The molecule has 3 aromatic heterocycles. The Hall–Kier alpha value is -2.18. The monoisotopic (exact) mass is 190 g/mol. The van der Waals surface area contributed by atoms with Crippen LogP contribution < -0.4 is 5.69 Å². The van der Waals surface area contributed by atoms with Gasteiger partial charge in [-0.05, 0) is 0 Å². The molecule has 0 radical (unpaired) electrons. The van der Waals surface area contributed by atoms with Crippen molar-refractivity contribution < 1.29 is 0 Å². The molecule has 0 atom stereocenters. The molecule has 3 aromatic rings. The molecule has 70 valence electrons. The highest BCUT2D eigenvalue weighted by Gasteiger charge is 2.09. The Kier molecular flexibility index (Phi) is 1.13. The van der Waals surface area contributed by atoms with Crippen LogP contribution in [0.3, 0.4) is 0 Å². The maximum Gasteiger partial charge on any atom is 0.327 e. The van der Waals surface area contributed by atoms with E-state index in [9.17, 15) is 4.79 Å². The number of hydrogen-bond donors (Lipinski definition) is 1. The zero-order valence-electron chi connectivity index (χ0n) is 7.30. The Morgan fingerprint density at radius 3 is 3.14 bits per heavy atom. The summed E-state index contributed by atoms with van der Waals surface area (Å²) in [5, 5.41) is 3.93. The van der Waals surface area contributed by atoms with Gasteiger partial charge in [-0.2, -0.15) is 5.10 Å². The van der Waals surface area contributed by atoms with E-state index in [1.165, 1.54) is 21.7 Å². The number of H-pyrrole nitrogens is 1. The van der Waals surface area contributed by atoms with Crippen molar-refractivity contribution in [2.45, 2.75) is 0 Å². The molecule has 0 aromatic carbocycles. The minimum Gasteiger partial charge on any atom is -0.290 e. The van der Waals surface area contributed by atoms with Gasteiger partial charge in [0.05, 0.1) is 0 Å². The molecular formula is C7H6N6O. The molecule has 3 rings (SSSR count). The predicted octanol–water partition coefficient (Wildman–Crippen LogP) is -0.696. The lowest BCUT2D eigenvalue weighted by atomic mass is 10.5. The third-order valence-corrected chi connectivity index (χ3v) is 2.17. The highest BCUT2D eigenvalue weighted by molar-refractivity contribution is 5.84. The molecule has 0 aliphatic carbocycles. The molecule has 0 fully saturated rings. The van der Waals surface area contributed by atoms with Gasteiger partial charge >= 0.3 is 5.69 Å². The SMILES string of the molecule is Cn1c(=O)[nH]c2ncn3ncnc3c21. The third kappa shape index (κ3) is 0.709. The summed E-state index contributed by atoms with van der Waals surface area (Å²) in [6.07, 6.45) is 2.94. The summed E-state index contributed by atoms with van der Waals surface area (Å²) in [6, 6.07) is 0. The molecule has 0 aliphatic heterocycles. The normalized spacial score (nSPS) is 11.5. The van der Waals surface area contributed by atoms with Crippen LogP contribution >= 0.6 is 0 Å². The maximum absolute atomic E-state index is 11.3. The Morgan fingerprint density at radius 1 is 1.43 bits per heavy atom. The zero-order valence-corrected chi connectivity index (χ0v) is 7.30. The number of hydrogen-bond acceptors (Lipinski definition) is 4. The van der Waals surface area contributed by atoms with Crippen LogP contribution in [0.5, 0.6) is 0 Å². The van der Waals surface area contributed by atoms with Gasteiger partial charge in [0.25, 0.3) is 0 Å². The fraction of sp³-hybridized carbons (Fsp3) is 0.143. The molecule has 0 saturated heterocycles. The van der Waals surface area contributed by atoms with E-state index in [0.717, 1.165) is 0 Å². The number of aromatic amines is 1. The molecule has 7 nitrogen and oxygen atoms in total. The number of nitrogens with one attached hydrogen (secondary N) is 1. The van der Waals surface area contributed by atoms with Crippen molar-refractivity contribution in [3.05, 3.63) is 23.1 Å². The lowest BCUT2D eigenvalue weighted by molar-refractivity contribution is 0.886. The number of aromatic nitrogens is 6. The van der Waals surface area contributed by atoms with Gasteiger partial charge in [-0.15, -0.1) is 0 Å². The van der Waals surface area contributed by atoms with E-state index in [0.29, 0.717) is 16.8 Å². The smallest absolute Gasteiger partial charge is 0.290 e. The molecule has 7 heteroatoms. The van der Waals surface area contributed by atoms with Crippen LogP contribution in [0.1, 0.15) is 0 Å². The van der Waals surface area contributed by atoms with Crippen molar-refractivity contribution in [3.8, 4) is 0 Å². The average molecular weight is 190 g/mol. The highest BCUT2D eigenvalue weighted by Crippen LogP contribution is 2.10. The quantitative estimate of drug-likeness (QED) is 0.508. The molecule has 0 unspecified atom stereocenters. The molecule has 14 heavy (non-hydrogen) atoms. The number of nitrogens with zero attached hydrogens (tertiary/aromatic N) is 5. The fourth-order valence-electron chi connectivity index (χ4n) is 1.47. The molecule has 3 heterocycles. The van der Waals surface area contributed by atoms with Gasteiger partial charge in [0.2, 0.25) is 0 Å². The summed E-state index contributed by atoms with van der Waals surface area (Å²) in [5.74, 6) is 0. The molecule has 0 aliphatic rings. The number of fused-ring (bicyclic) bond motifs is 3. The summed E-state index contributed by atoms with van der Waals surface area (Å²) < 4.78 is 2.99. The van der Waals surface area contributed by atoms with Crippen LogP contribution in [0.15, 0.2) is 17.4 Å². The lowest BCUT2D eigenvalue weighted by Crippen LogP contribution is -2.12. The second-order valence-corrected chi connectivity index (χ2v) is 2.96. The number of rotatable bonds is 0. The summed E-state index contributed by atoms with van der Waals surface area (Å²) in [5.41, 5.74) is 1.60. The van der Waals surface area contributed by atoms with Crippen LogP contribution in [0.2, 0.25) is 0 Å². The number of aryl methyl sites for hydroxylation is 1. The van der Waals surface area contributed by atoms with E-state index in [4.69, 9.17) is 0 Å². The summed E-state index contributed by atoms with van der Waals surface area (Å²) >= 11 is 0. The van der Waals surface area contributed by atoms with E-state index in [2.05, 4.69) is 20.1 Å².